The van der Waals surface area contributed by atoms with Crippen LogP contribution in [0.25, 0.3) is 10.2 Å². The SMILES string of the molecule is Cn1c(SCC[NH+]2CCOCC2)nc2sc3c(c2c1=O)CCC3. The minimum atomic E-state index is 0.135. The Balaban J connectivity index is 1.53. The van der Waals surface area contributed by atoms with Crippen LogP contribution in [-0.4, -0.2) is 48.2 Å². The molecule has 2 aromatic rings. The highest BCUT2D eigenvalue weighted by atomic mass is 32.2. The van der Waals surface area contributed by atoms with Crippen molar-refractivity contribution in [3.05, 3.63) is 20.8 Å². The molecule has 1 saturated heterocycles. The summed E-state index contributed by atoms with van der Waals surface area (Å²) in [7, 11) is 1.86. The van der Waals surface area contributed by atoms with Crippen LogP contribution in [0.4, 0.5) is 0 Å². The number of nitrogens with zero attached hydrogens (tertiary/aromatic N) is 2. The van der Waals surface area contributed by atoms with E-state index >= 15 is 0 Å². The predicted octanol–water partition coefficient (Wildman–Crippen LogP) is 0.491. The van der Waals surface area contributed by atoms with E-state index in [0.29, 0.717) is 0 Å². The van der Waals surface area contributed by atoms with E-state index in [0.717, 1.165) is 66.8 Å². The fraction of sp³-hybridized carbons (Fsp3) is 0.625. The van der Waals surface area contributed by atoms with Gasteiger partial charge in [0, 0.05) is 11.9 Å². The molecule has 0 amide bonds. The van der Waals surface area contributed by atoms with Gasteiger partial charge in [-0.05, 0) is 24.8 Å². The Morgan fingerprint density at radius 3 is 3.00 bits per heavy atom. The Labute approximate surface area is 143 Å². The van der Waals surface area contributed by atoms with Crippen LogP contribution in [0.2, 0.25) is 0 Å². The summed E-state index contributed by atoms with van der Waals surface area (Å²) in [4.78, 5) is 21.4. The molecule has 1 aliphatic carbocycles. The molecule has 0 unspecified atom stereocenters. The zero-order valence-corrected chi connectivity index (χ0v) is 15.0. The number of rotatable bonds is 4. The third kappa shape index (κ3) is 2.95. The number of thiophene rings is 1. The molecule has 0 saturated carbocycles. The number of aryl methyl sites for hydroxylation is 2. The maximum absolute atomic E-state index is 12.7. The summed E-state index contributed by atoms with van der Waals surface area (Å²) in [6.07, 6.45) is 3.33. The van der Waals surface area contributed by atoms with E-state index in [-0.39, 0.29) is 5.56 Å². The lowest BCUT2D eigenvalue weighted by atomic mass is 10.2. The summed E-state index contributed by atoms with van der Waals surface area (Å²) < 4.78 is 7.14. The number of quaternary nitrogens is 1. The Kier molecular flexibility index (Phi) is 4.45. The smallest absolute Gasteiger partial charge is 0.262 e. The van der Waals surface area contributed by atoms with Crippen molar-refractivity contribution in [2.75, 3.05) is 38.6 Å². The number of aromatic nitrogens is 2. The minimum absolute atomic E-state index is 0.135. The monoisotopic (exact) mass is 352 g/mol. The molecule has 3 heterocycles. The Bertz CT molecular complexity index is 778. The molecule has 0 bridgehead atoms. The molecule has 0 radical (unpaired) electrons. The van der Waals surface area contributed by atoms with E-state index in [1.165, 1.54) is 16.9 Å². The lowest BCUT2D eigenvalue weighted by Gasteiger charge is -2.23. The first kappa shape index (κ1) is 15.6. The molecular weight excluding hydrogens is 330 g/mol. The third-order valence-electron chi connectivity index (χ3n) is 4.79. The van der Waals surface area contributed by atoms with Crippen molar-refractivity contribution in [2.24, 2.45) is 7.05 Å². The van der Waals surface area contributed by atoms with Crippen LogP contribution in [0.1, 0.15) is 16.9 Å². The van der Waals surface area contributed by atoms with E-state index < -0.39 is 0 Å². The van der Waals surface area contributed by atoms with Gasteiger partial charge in [-0.15, -0.1) is 11.3 Å². The van der Waals surface area contributed by atoms with Gasteiger partial charge in [0.05, 0.1) is 30.9 Å². The second-order valence-corrected chi connectivity index (χ2v) is 8.40. The van der Waals surface area contributed by atoms with Crippen molar-refractivity contribution < 1.29 is 9.64 Å². The minimum Gasteiger partial charge on any atom is -0.370 e. The van der Waals surface area contributed by atoms with E-state index in [2.05, 4.69) is 0 Å². The Morgan fingerprint density at radius 2 is 2.17 bits per heavy atom. The van der Waals surface area contributed by atoms with Crippen molar-refractivity contribution in [2.45, 2.75) is 24.4 Å². The molecule has 4 rings (SSSR count). The van der Waals surface area contributed by atoms with Crippen molar-refractivity contribution in [1.29, 1.82) is 0 Å². The van der Waals surface area contributed by atoms with Crippen LogP contribution in [0.3, 0.4) is 0 Å². The van der Waals surface area contributed by atoms with Crippen molar-refractivity contribution >= 4 is 33.3 Å². The summed E-state index contributed by atoms with van der Waals surface area (Å²) in [5, 5.41) is 1.74. The van der Waals surface area contributed by atoms with Crippen molar-refractivity contribution in [3.8, 4) is 0 Å². The number of hydrogen-bond acceptors (Lipinski definition) is 5. The van der Waals surface area contributed by atoms with Crippen LogP contribution in [0.15, 0.2) is 9.95 Å². The second kappa shape index (κ2) is 6.55. The number of nitrogens with one attached hydrogen (secondary N) is 1. The molecule has 23 heavy (non-hydrogen) atoms. The van der Waals surface area contributed by atoms with Gasteiger partial charge in [-0.1, -0.05) is 11.8 Å². The lowest BCUT2D eigenvalue weighted by Crippen LogP contribution is -3.14. The molecular formula is C16H22N3O2S2+. The van der Waals surface area contributed by atoms with E-state index in [1.807, 2.05) is 7.05 Å². The predicted molar refractivity (Wildman–Crippen MR) is 94.0 cm³/mol. The summed E-state index contributed by atoms with van der Waals surface area (Å²) in [5.74, 6) is 0.992. The normalized spacial score (nSPS) is 18.7. The van der Waals surface area contributed by atoms with Crippen LogP contribution in [-0.2, 0) is 24.6 Å². The first-order valence-electron chi connectivity index (χ1n) is 8.29. The van der Waals surface area contributed by atoms with Gasteiger partial charge in [0.1, 0.15) is 17.9 Å². The molecule has 0 aromatic carbocycles. The van der Waals surface area contributed by atoms with Crippen LogP contribution in [0, 0.1) is 0 Å². The van der Waals surface area contributed by atoms with Crippen molar-refractivity contribution in [3.63, 3.8) is 0 Å². The average molecular weight is 353 g/mol. The molecule has 7 heteroatoms. The van der Waals surface area contributed by atoms with Crippen LogP contribution < -0.4 is 10.5 Å². The fourth-order valence-corrected chi connectivity index (χ4v) is 5.75. The lowest BCUT2D eigenvalue weighted by molar-refractivity contribution is -0.905. The third-order valence-corrected chi connectivity index (χ3v) is 7.01. The summed E-state index contributed by atoms with van der Waals surface area (Å²) in [5.41, 5.74) is 1.41. The molecule has 5 nitrogen and oxygen atoms in total. The zero-order chi connectivity index (χ0) is 15.8. The molecule has 1 N–H and O–H groups in total. The average Bonchev–Trinajstić information content (AvgIpc) is 3.13. The number of ether oxygens (including phenoxy) is 1. The van der Waals surface area contributed by atoms with Crippen LogP contribution >= 0.6 is 23.1 Å². The molecule has 2 aliphatic rings. The molecule has 1 aliphatic heterocycles. The highest BCUT2D eigenvalue weighted by Crippen LogP contribution is 2.35. The Morgan fingerprint density at radius 1 is 1.35 bits per heavy atom. The number of thioether (sulfide) groups is 1. The maximum atomic E-state index is 12.7. The van der Waals surface area contributed by atoms with Gasteiger partial charge >= 0.3 is 0 Å². The molecule has 2 aromatic heterocycles. The largest absolute Gasteiger partial charge is 0.370 e. The summed E-state index contributed by atoms with van der Waals surface area (Å²) in [6, 6.07) is 0. The molecule has 1 fully saturated rings. The van der Waals surface area contributed by atoms with Gasteiger partial charge in [0.15, 0.2) is 5.16 Å². The molecule has 0 atom stereocenters. The van der Waals surface area contributed by atoms with Gasteiger partial charge in [-0.25, -0.2) is 4.98 Å². The van der Waals surface area contributed by atoms with Gasteiger partial charge in [-0.3, -0.25) is 9.36 Å². The van der Waals surface area contributed by atoms with Gasteiger partial charge in [0.2, 0.25) is 0 Å². The zero-order valence-electron chi connectivity index (χ0n) is 13.4. The fourth-order valence-electron chi connectivity index (χ4n) is 3.43. The number of fused-ring (bicyclic) bond motifs is 3. The summed E-state index contributed by atoms with van der Waals surface area (Å²) in [6.45, 7) is 5.00. The maximum Gasteiger partial charge on any atom is 0.262 e. The van der Waals surface area contributed by atoms with E-state index in [4.69, 9.17) is 9.72 Å². The first-order chi connectivity index (χ1) is 11.2. The van der Waals surface area contributed by atoms with Gasteiger partial charge in [0.25, 0.3) is 5.56 Å². The highest BCUT2D eigenvalue weighted by molar-refractivity contribution is 7.99. The van der Waals surface area contributed by atoms with E-state index in [9.17, 15) is 4.79 Å². The quantitative estimate of drug-likeness (QED) is 0.643. The van der Waals surface area contributed by atoms with Crippen molar-refractivity contribution in [1.82, 2.24) is 9.55 Å². The first-order valence-corrected chi connectivity index (χ1v) is 10.1. The van der Waals surface area contributed by atoms with Gasteiger partial charge in [-0.2, -0.15) is 0 Å². The molecule has 0 spiro atoms. The van der Waals surface area contributed by atoms with Gasteiger partial charge < -0.3 is 9.64 Å². The standard InChI is InChI=1S/C16H21N3O2S2/c1-18-15(20)13-11-3-2-4-12(11)23-14(13)17-16(18)22-10-7-19-5-8-21-9-6-19/h2-10H2,1H3/p+1. The topological polar surface area (TPSA) is 48.6 Å². The highest BCUT2D eigenvalue weighted by Gasteiger charge is 2.22. The van der Waals surface area contributed by atoms with Crippen LogP contribution in [0.5, 0.6) is 0 Å². The number of morpholine rings is 1. The summed E-state index contributed by atoms with van der Waals surface area (Å²) >= 11 is 3.43. The Hall–Kier alpha value is -0.890. The second-order valence-electron chi connectivity index (χ2n) is 6.26. The van der Waals surface area contributed by atoms with E-state index in [1.54, 1.807) is 32.6 Å². The molecule has 124 valence electrons. The number of hydrogen-bond donors (Lipinski definition) is 1.